The van der Waals surface area contributed by atoms with E-state index in [-0.39, 0.29) is 17.8 Å². The summed E-state index contributed by atoms with van der Waals surface area (Å²) in [5, 5.41) is 10.6. The molecule has 0 spiro atoms. The fourth-order valence-corrected chi connectivity index (χ4v) is 3.55. The second-order valence-electron chi connectivity index (χ2n) is 6.38. The summed E-state index contributed by atoms with van der Waals surface area (Å²) in [6.07, 6.45) is 1.72. The number of quaternary nitrogens is 1. The van der Waals surface area contributed by atoms with Gasteiger partial charge in [-0.2, -0.15) is 0 Å². The average Bonchev–Trinajstić information content (AvgIpc) is 2.64. The minimum absolute atomic E-state index is 0.0638. The van der Waals surface area contributed by atoms with Crippen molar-refractivity contribution in [2.45, 2.75) is 19.0 Å². The van der Waals surface area contributed by atoms with E-state index >= 15 is 0 Å². The van der Waals surface area contributed by atoms with Gasteiger partial charge >= 0.3 is 0 Å². The van der Waals surface area contributed by atoms with Gasteiger partial charge in [0, 0.05) is 22.4 Å². The van der Waals surface area contributed by atoms with Crippen LogP contribution in [0.2, 0.25) is 5.02 Å². The first-order valence-electron chi connectivity index (χ1n) is 8.64. The largest absolute Gasteiger partial charge is 0.507 e. The maximum absolute atomic E-state index is 9.98. The Bertz CT molecular complexity index is 715. The zero-order valence-corrected chi connectivity index (χ0v) is 15.1. The average molecular weight is 360 g/mol. The van der Waals surface area contributed by atoms with Gasteiger partial charge in [-0.15, -0.1) is 0 Å². The van der Waals surface area contributed by atoms with E-state index in [1.54, 1.807) is 24.4 Å². The summed E-state index contributed by atoms with van der Waals surface area (Å²) in [7, 11) is 0. The maximum atomic E-state index is 9.98. The van der Waals surface area contributed by atoms with Crippen LogP contribution < -0.4 is 4.90 Å². The van der Waals surface area contributed by atoms with Crippen LogP contribution in [0.15, 0.2) is 53.5 Å². The molecule has 132 valence electrons. The maximum Gasteiger partial charge on any atom is 0.136 e. The second kappa shape index (κ2) is 8.48. The molecule has 0 amide bonds. The topological polar surface area (TPSA) is 46.3 Å². The summed E-state index contributed by atoms with van der Waals surface area (Å²) < 4.78 is 5.52. The van der Waals surface area contributed by atoms with Crippen molar-refractivity contribution in [3.05, 3.63) is 64.7 Å². The minimum atomic E-state index is 0.0638. The van der Waals surface area contributed by atoms with Crippen molar-refractivity contribution in [1.82, 2.24) is 0 Å². The first kappa shape index (κ1) is 17.9. The van der Waals surface area contributed by atoms with Crippen molar-refractivity contribution in [1.29, 1.82) is 0 Å². The highest BCUT2D eigenvalue weighted by atomic mass is 35.5. The number of aliphatic imine (C=N–C) groups is 1. The molecule has 2 N–H and O–H groups in total. The van der Waals surface area contributed by atoms with E-state index in [1.807, 2.05) is 6.07 Å². The predicted molar refractivity (Wildman–Crippen MR) is 101 cm³/mol. The number of phenols is 1. The van der Waals surface area contributed by atoms with Crippen molar-refractivity contribution < 1.29 is 14.7 Å². The number of nitrogens with zero attached hydrogens (tertiary/aromatic N) is 1. The molecule has 2 aromatic rings. The normalized spacial score (nSPS) is 18.3. The minimum Gasteiger partial charge on any atom is -0.507 e. The van der Waals surface area contributed by atoms with Crippen LogP contribution in [0.25, 0.3) is 0 Å². The molecule has 1 fully saturated rings. The molecule has 1 aliphatic heterocycles. The van der Waals surface area contributed by atoms with Gasteiger partial charge in [-0.05, 0) is 25.1 Å². The number of nitrogens with one attached hydrogen (secondary N) is 1. The predicted octanol–water partition coefficient (Wildman–Crippen LogP) is 2.51. The van der Waals surface area contributed by atoms with Crippen molar-refractivity contribution in [2.24, 2.45) is 4.99 Å². The summed E-state index contributed by atoms with van der Waals surface area (Å²) in [5.74, 6) is 0.190. The molecule has 1 saturated heterocycles. The van der Waals surface area contributed by atoms with Gasteiger partial charge in [0.25, 0.3) is 0 Å². The lowest BCUT2D eigenvalue weighted by molar-refractivity contribution is -0.940. The van der Waals surface area contributed by atoms with Crippen LogP contribution in [0.4, 0.5) is 0 Å². The molecule has 0 radical (unpaired) electrons. The highest BCUT2D eigenvalue weighted by molar-refractivity contribution is 6.30. The Morgan fingerprint density at radius 2 is 1.88 bits per heavy atom. The zero-order chi connectivity index (χ0) is 17.6. The Labute approximate surface area is 153 Å². The van der Waals surface area contributed by atoms with Crippen molar-refractivity contribution in [2.75, 3.05) is 26.3 Å². The quantitative estimate of drug-likeness (QED) is 0.806. The third kappa shape index (κ3) is 4.60. The summed E-state index contributed by atoms with van der Waals surface area (Å²) in [6.45, 7) is 5.64. The molecular formula is C20H24ClN2O2+. The lowest BCUT2D eigenvalue weighted by Crippen LogP contribution is -3.15. The number of halogens is 1. The van der Waals surface area contributed by atoms with Crippen LogP contribution in [0.1, 0.15) is 24.1 Å². The fraction of sp³-hybridized carbons (Fsp3) is 0.350. The zero-order valence-electron chi connectivity index (χ0n) is 14.4. The van der Waals surface area contributed by atoms with E-state index in [0.717, 1.165) is 26.3 Å². The number of phenolic OH excluding ortho intramolecular Hbond substituents is 1. The van der Waals surface area contributed by atoms with Gasteiger partial charge in [0.05, 0.1) is 13.2 Å². The van der Waals surface area contributed by atoms with E-state index in [1.165, 1.54) is 10.5 Å². The molecule has 25 heavy (non-hydrogen) atoms. The van der Waals surface area contributed by atoms with Crippen LogP contribution in [0, 0.1) is 0 Å². The lowest BCUT2D eigenvalue weighted by Gasteiger charge is -2.33. The number of aromatic hydroxyl groups is 1. The summed E-state index contributed by atoms with van der Waals surface area (Å²) in [6, 6.07) is 15.8. The standard InChI is InChI=1S/C20H23ClN2O2/c1-15(22-14-17-13-18(21)7-8-19(17)24)20(16-5-3-2-4-6-16)23-9-11-25-12-10-23/h2-8,13-15,20,24H,9-12H2,1H3/p+1/t15-,20+/m1/s1. The number of benzene rings is 2. The van der Waals surface area contributed by atoms with Gasteiger partial charge < -0.3 is 14.7 Å². The Hall–Kier alpha value is -1.88. The van der Waals surface area contributed by atoms with Crippen LogP contribution in [0.5, 0.6) is 5.75 Å². The van der Waals surface area contributed by atoms with Gasteiger partial charge in [-0.3, -0.25) is 4.99 Å². The third-order valence-corrected chi connectivity index (χ3v) is 4.89. The molecule has 1 heterocycles. The SMILES string of the molecule is C[C@@H](N=Cc1cc(Cl)ccc1O)[C@@H](c1ccccc1)[NH+]1CCOCC1. The summed E-state index contributed by atoms with van der Waals surface area (Å²) in [4.78, 5) is 6.23. The highest BCUT2D eigenvalue weighted by Gasteiger charge is 2.30. The van der Waals surface area contributed by atoms with Gasteiger partial charge in [0.15, 0.2) is 0 Å². The van der Waals surface area contributed by atoms with Gasteiger partial charge in [0.1, 0.15) is 30.9 Å². The van der Waals surface area contributed by atoms with Crippen molar-refractivity contribution in [3.8, 4) is 5.75 Å². The van der Waals surface area contributed by atoms with Crippen LogP contribution in [-0.2, 0) is 4.74 Å². The van der Waals surface area contributed by atoms with E-state index in [2.05, 4.69) is 31.2 Å². The molecule has 2 aromatic carbocycles. The molecule has 0 aromatic heterocycles. The molecule has 0 unspecified atom stereocenters. The number of rotatable bonds is 5. The number of hydrogen-bond donors (Lipinski definition) is 2. The first-order valence-corrected chi connectivity index (χ1v) is 9.02. The second-order valence-corrected chi connectivity index (χ2v) is 6.82. The smallest absolute Gasteiger partial charge is 0.136 e. The monoisotopic (exact) mass is 359 g/mol. The van der Waals surface area contributed by atoms with Crippen molar-refractivity contribution in [3.63, 3.8) is 0 Å². The van der Waals surface area contributed by atoms with Gasteiger partial charge in [-0.25, -0.2) is 0 Å². The van der Waals surface area contributed by atoms with E-state index < -0.39 is 0 Å². The molecule has 5 heteroatoms. The Morgan fingerprint density at radius 1 is 1.16 bits per heavy atom. The molecule has 4 nitrogen and oxygen atoms in total. The number of ether oxygens (including phenoxy) is 1. The van der Waals surface area contributed by atoms with Gasteiger partial charge in [0.2, 0.25) is 0 Å². The Morgan fingerprint density at radius 3 is 2.60 bits per heavy atom. The number of hydrogen-bond acceptors (Lipinski definition) is 3. The molecule has 3 rings (SSSR count). The van der Waals surface area contributed by atoms with E-state index in [0.29, 0.717) is 10.6 Å². The third-order valence-electron chi connectivity index (χ3n) is 4.65. The number of morpholine rings is 1. The molecule has 0 aliphatic carbocycles. The van der Waals surface area contributed by atoms with E-state index in [4.69, 9.17) is 21.3 Å². The molecule has 1 aliphatic rings. The molecule has 2 atom stereocenters. The van der Waals surface area contributed by atoms with Crippen LogP contribution in [-0.4, -0.2) is 43.7 Å². The van der Waals surface area contributed by atoms with Crippen LogP contribution >= 0.6 is 11.6 Å². The molecular weight excluding hydrogens is 336 g/mol. The molecule has 0 saturated carbocycles. The Balaban J connectivity index is 1.84. The molecule has 0 bridgehead atoms. The highest BCUT2D eigenvalue weighted by Crippen LogP contribution is 2.21. The van der Waals surface area contributed by atoms with Crippen molar-refractivity contribution >= 4 is 17.8 Å². The first-order chi connectivity index (χ1) is 12.1. The summed E-state index contributed by atoms with van der Waals surface area (Å²) in [5.41, 5.74) is 1.92. The lowest BCUT2D eigenvalue weighted by atomic mass is 9.98. The summed E-state index contributed by atoms with van der Waals surface area (Å²) >= 11 is 6.02. The van der Waals surface area contributed by atoms with Gasteiger partial charge in [-0.1, -0.05) is 41.9 Å². The van der Waals surface area contributed by atoms with Crippen LogP contribution in [0.3, 0.4) is 0 Å². The Kier molecular flexibility index (Phi) is 6.08. The van der Waals surface area contributed by atoms with E-state index in [9.17, 15) is 5.11 Å². The fourth-order valence-electron chi connectivity index (χ4n) is 3.37.